The Labute approximate surface area is 91.3 Å². The fraction of sp³-hybridized carbons (Fsp3) is 0.333. The van der Waals surface area contributed by atoms with Crippen molar-refractivity contribution in [2.45, 2.75) is 12.2 Å². The molecule has 0 saturated heterocycles. The predicted molar refractivity (Wildman–Crippen MR) is 52.7 cm³/mol. The Morgan fingerprint density at radius 1 is 1.27 bits per heavy atom. The summed E-state index contributed by atoms with van der Waals surface area (Å²) in [5.74, 6) is 0. The van der Waals surface area contributed by atoms with Gasteiger partial charge in [-0.3, -0.25) is 0 Å². The molecule has 6 heteroatoms. The summed E-state index contributed by atoms with van der Waals surface area (Å²) < 4.78 is 37.2. The summed E-state index contributed by atoms with van der Waals surface area (Å²) in [5, 5.41) is 8.69. The van der Waals surface area contributed by atoms with E-state index in [1.54, 1.807) is 0 Å². The second-order valence-corrected chi connectivity index (χ2v) is 2.87. The lowest BCUT2D eigenvalue weighted by Crippen LogP contribution is -2.20. The lowest BCUT2D eigenvalue weighted by molar-refractivity contribution is -0.138. The van der Waals surface area contributed by atoms with Crippen molar-refractivity contribution in [2.24, 2.45) is 5.73 Å². The minimum Gasteiger partial charge on any atom is -0.394 e. The largest absolute Gasteiger partial charge is 0.416 e. The second-order valence-electron chi connectivity index (χ2n) is 2.87. The summed E-state index contributed by atoms with van der Waals surface area (Å²) in [5.41, 5.74) is 4.47. The third kappa shape index (κ3) is 3.37. The zero-order valence-corrected chi connectivity index (χ0v) is 8.48. The third-order valence-electron chi connectivity index (χ3n) is 1.86. The van der Waals surface area contributed by atoms with Crippen molar-refractivity contribution in [3.05, 3.63) is 35.4 Å². The molecule has 0 fully saturated rings. The van der Waals surface area contributed by atoms with Crippen molar-refractivity contribution in [3.8, 4) is 0 Å². The average Bonchev–Trinajstić information content (AvgIpc) is 2.15. The molecule has 0 heterocycles. The first-order valence-electron chi connectivity index (χ1n) is 3.99. The number of rotatable bonds is 2. The highest BCUT2D eigenvalue weighted by Crippen LogP contribution is 2.33. The average molecular weight is 242 g/mol. The highest BCUT2D eigenvalue weighted by atomic mass is 35.5. The maximum absolute atomic E-state index is 12.4. The maximum atomic E-state index is 12.4. The number of hydrogen-bond donors (Lipinski definition) is 2. The van der Waals surface area contributed by atoms with Gasteiger partial charge in [-0.2, -0.15) is 13.2 Å². The van der Waals surface area contributed by atoms with Crippen molar-refractivity contribution < 1.29 is 18.3 Å². The molecule has 0 unspecified atom stereocenters. The molecule has 0 radical (unpaired) electrons. The van der Waals surface area contributed by atoms with Crippen LogP contribution in [0.5, 0.6) is 0 Å². The number of aliphatic hydroxyl groups excluding tert-OH is 1. The Morgan fingerprint density at radius 2 is 1.80 bits per heavy atom. The lowest BCUT2D eigenvalue weighted by atomic mass is 10.0. The first-order chi connectivity index (χ1) is 6.46. The summed E-state index contributed by atoms with van der Waals surface area (Å²) in [6.07, 6.45) is -4.43. The van der Waals surface area contributed by atoms with Gasteiger partial charge in [0, 0.05) is 0 Å². The van der Waals surface area contributed by atoms with E-state index in [2.05, 4.69) is 0 Å². The zero-order valence-electron chi connectivity index (χ0n) is 7.66. The van der Waals surface area contributed by atoms with Crippen LogP contribution in [0.3, 0.4) is 0 Å². The molecule has 0 saturated carbocycles. The first kappa shape index (κ1) is 14.2. The van der Waals surface area contributed by atoms with Gasteiger partial charge < -0.3 is 10.8 Å². The smallest absolute Gasteiger partial charge is 0.394 e. The third-order valence-corrected chi connectivity index (χ3v) is 1.86. The summed E-state index contributed by atoms with van der Waals surface area (Å²) >= 11 is 0. The van der Waals surface area contributed by atoms with Gasteiger partial charge in [-0.1, -0.05) is 18.2 Å². The summed E-state index contributed by atoms with van der Waals surface area (Å²) in [7, 11) is 0. The van der Waals surface area contributed by atoms with Gasteiger partial charge in [0.05, 0.1) is 18.2 Å². The van der Waals surface area contributed by atoms with Crippen LogP contribution < -0.4 is 5.73 Å². The van der Waals surface area contributed by atoms with Crippen molar-refractivity contribution in [3.63, 3.8) is 0 Å². The van der Waals surface area contributed by atoms with Crippen LogP contribution in [0, 0.1) is 0 Å². The minimum atomic E-state index is -4.43. The van der Waals surface area contributed by atoms with Gasteiger partial charge in [-0.15, -0.1) is 12.4 Å². The predicted octanol–water partition coefficient (Wildman–Crippen LogP) is 2.12. The van der Waals surface area contributed by atoms with Gasteiger partial charge in [-0.05, 0) is 11.6 Å². The normalized spacial score (nSPS) is 13.1. The Balaban J connectivity index is 0.00000196. The fourth-order valence-electron chi connectivity index (χ4n) is 1.18. The number of alkyl halides is 3. The molecule has 86 valence electrons. The molecule has 0 aliphatic rings. The SMILES string of the molecule is Cl.N[C@@H](CO)c1ccccc1C(F)(F)F. The molecule has 0 spiro atoms. The molecule has 1 aromatic carbocycles. The second kappa shape index (κ2) is 5.34. The molecule has 0 aliphatic heterocycles. The number of aliphatic hydroxyl groups is 1. The van der Waals surface area contributed by atoms with Crippen molar-refractivity contribution in [1.82, 2.24) is 0 Å². The molecule has 3 N–H and O–H groups in total. The maximum Gasteiger partial charge on any atom is 0.416 e. The van der Waals surface area contributed by atoms with E-state index in [9.17, 15) is 13.2 Å². The van der Waals surface area contributed by atoms with Gasteiger partial charge in [-0.25, -0.2) is 0 Å². The summed E-state index contributed by atoms with van der Waals surface area (Å²) in [6, 6.07) is 3.97. The molecule has 2 nitrogen and oxygen atoms in total. The Hall–Kier alpha value is -0.780. The Kier molecular flexibility index (Phi) is 5.07. The molecular weight excluding hydrogens is 231 g/mol. The van der Waals surface area contributed by atoms with Gasteiger partial charge in [0.2, 0.25) is 0 Å². The fourth-order valence-corrected chi connectivity index (χ4v) is 1.18. The van der Waals surface area contributed by atoms with E-state index in [1.165, 1.54) is 18.2 Å². The summed E-state index contributed by atoms with van der Waals surface area (Å²) in [4.78, 5) is 0. The number of nitrogens with two attached hydrogens (primary N) is 1. The van der Waals surface area contributed by atoms with Crippen molar-refractivity contribution in [1.29, 1.82) is 0 Å². The monoisotopic (exact) mass is 241 g/mol. The molecule has 1 atom stereocenters. The summed E-state index contributed by atoms with van der Waals surface area (Å²) in [6.45, 7) is -0.507. The number of hydrogen-bond acceptors (Lipinski definition) is 2. The van der Waals surface area contributed by atoms with E-state index in [4.69, 9.17) is 10.8 Å². The van der Waals surface area contributed by atoms with E-state index in [0.717, 1.165) is 6.07 Å². The van der Waals surface area contributed by atoms with Crippen LogP contribution in [0.4, 0.5) is 13.2 Å². The van der Waals surface area contributed by atoms with Crippen LogP contribution in [0.2, 0.25) is 0 Å². The minimum absolute atomic E-state index is 0. The van der Waals surface area contributed by atoms with Crippen LogP contribution in [-0.2, 0) is 6.18 Å². The number of halogens is 4. The van der Waals surface area contributed by atoms with Gasteiger partial charge in [0.1, 0.15) is 0 Å². The van der Waals surface area contributed by atoms with Gasteiger partial charge >= 0.3 is 6.18 Å². The first-order valence-corrected chi connectivity index (χ1v) is 3.99. The van der Waals surface area contributed by atoms with Crippen LogP contribution in [0.15, 0.2) is 24.3 Å². The molecule has 0 aliphatic carbocycles. The van der Waals surface area contributed by atoms with Crippen LogP contribution >= 0.6 is 12.4 Å². The quantitative estimate of drug-likeness (QED) is 0.833. The van der Waals surface area contributed by atoms with E-state index in [-0.39, 0.29) is 18.0 Å². The topological polar surface area (TPSA) is 46.2 Å². The lowest BCUT2D eigenvalue weighted by Gasteiger charge is -2.16. The van der Waals surface area contributed by atoms with Gasteiger partial charge in [0.25, 0.3) is 0 Å². The Bertz CT molecular complexity index is 316. The molecule has 1 aromatic rings. The van der Waals surface area contributed by atoms with Crippen LogP contribution in [-0.4, -0.2) is 11.7 Å². The van der Waals surface area contributed by atoms with Gasteiger partial charge in [0.15, 0.2) is 0 Å². The van der Waals surface area contributed by atoms with Crippen LogP contribution in [0.1, 0.15) is 17.2 Å². The molecule has 15 heavy (non-hydrogen) atoms. The van der Waals surface area contributed by atoms with Crippen LogP contribution in [0.25, 0.3) is 0 Å². The van der Waals surface area contributed by atoms with Crippen molar-refractivity contribution >= 4 is 12.4 Å². The molecule has 0 bridgehead atoms. The van der Waals surface area contributed by atoms with E-state index >= 15 is 0 Å². The molecular formula is C9H11ClF3NO. The molecule has 0 amide bonds. The standard InChI is InChI=1S/C9H10F3NO.ClH/c10-9(11,12)7-4-2-1-3-6(7)8(13)5-14;/h1-4,8,14H,5,13H2;1H/t8-;/m0./s1. The molecule has 1 rings (SSSR count). The highest BCUT2D eigenvalue weighted by molar-refractivity contribution is 5.85. The van der Waals surface area contributed by atoms with E-state index in [0.29, 0.717) is 0 Å². The molecule has 0 aromatic heterocycles. The highest BCUT2D eigenvalue weighted by Gasteiger charge is 2.33. The number of benzene rings is 1. The van der Waals surface area contributed by atoms with E-state index < -0.39 is 24.4 Å². The van der Waals surface area contributed by atoms with E-state index in [1.807, 2.05) is 0 Å². The zero-order chi connectivity index (χ0) is 10.8. The Morgan fingerprint density at radius 3 is 2.27 bits per heavy atom. The van der Waals surface area contributed by atoms with Crippen molar-refractivity contribution in [2.75, 3.05) is 6.61 Å².